The summed E-state index contributed by atoms with van der Waals surface area (Å²) in [6.07, 6.45) is 1.86. The number of epoxide rings is 1. The Hall–Kier alpha value is -0.670. The van der Waals surface area contributed by atoms with Gasteiger partial charge in [0.15, 0.2) is 0 Å². The topological polar surface area (TPSA) is 41.6 Å². The van der Waals surface area contributed by atoms with Gasteiger partial charge in [-0.3, -0.25) is 10.1 Å². The van der Waals surface area contributed by atoms with Gasteiger partial charge in [-0.2, -0.15) is 0 Å². The lowest BCUT2D eigenvalue weighted by molar-refractivity contribution is -0.116. The van der Waals surface area contributed by atoms with Gasteiger partial charge in [-0.15, -0.1) is 6.58 Å². The molecule has 0 bridgehead atoms. The zero-order valence-electron chi connectivity index (χ0n) is 5.96. The van der Waals surface area contributed by atoms with Crippen LogP contribution >= 0.6 is 0 Å². The fourth-order valence-corrected chi connectivity index (χ4v) is 0.712. The molecule has 1 rings (SSSR count). The normalized spacial score (nSPS) is 29.7. The van der Waals surface area contributed by atoms with Crippen molar-refractivity contribution >= 4 is 5.78 Å². The molecule has 56 valence electrons. The molecule has 0 aromatic heterocycles. The van der Waals surface area contributed by atoms with Crippen LogP contribution in [0.15, 0.2) is 12.7 Å². The fourth-order valence-electron chi connectivity index (χ4n) is 0.712. The van der Waals surface area contributed by atoms with Crippen LogP contribution in [-0.2, 0) is 9.53 Å². The van der Waals surface area contributed by atoms with Crippen molar-refractivity contribution in [2.75, 3.05) is 6.54 Å². The van der Waals surface area contributed by atoms with Crippen molar-refractivity contribution in [3.8, 4) is 0 Å². The molecule has 0 saturated carbocycles. The zero-order chi connectivity index (χ0) is 7.56. The second-order valence-corrected chi connectivity index (χ2v) is 2.34. The molecule has 0 spiro atoms. The number of hydrogen-bond acceptors (Lipinski definition) is 3. The molecule has 1 aliphatic rings. The molecule has 1 N–H and O–H groups in total. The van der Waals surface area contributed by atoms with E-state index in [2.05, 4.69) is 11.9 Å². The van der Waals surface area contributed by atoms with Crippen molar-refractivity contribution in [2.45, 2.75) is 19.3 Å². The Morgan fingerprint density at radius 2 is 2.60 bits per heavy atom. The van der Waals surface area contributed by atoms with Crippen molar-refractivity contribution < 1.29 is 9.53 Å². The number of Topliss-reactive ketones (excluding diaryl/α,β-unsaturated/α-hetero) is 1. The smallest absolute Gasteiger partial charge is 0.143 e. The highest BCUT2D eigenvalue weighted by molar-refractivity contribution is 5.77. The van der Waals surface area contributed by atoms with Gasteiger partial charge in [-0.05, 0) is 6.92 Å². The molecule has 2 unspecified atom stereocenters. The van der Waals surface area contributed by atoms with E-state index in [1.54, 1.807) is 6.08 Å². The first-order valence-electron chi connectivity index (χ1n) is 3.25. The second-order valence-electron chi connectivity index (χ2n) is 2.34. The molecule has 0 aliphatic carbocycles. The Labute approximate surface area is 60.1 Å². The third-order valence-corrected chi connectivity index (χ3v) is 1.31. The van der Waals surface area contributed by atoms with Gasteiger partial charge in [0.05, 0.1) is 6.54 Å². The van der Waals surface area contributed by atoms with Crippen LogP contribution in [-0.4, -0.2) is 24.7 Å². The maximum atomic E-state index is 10.4. The average molecular weight is 141 g/mol. The van der Waals surface area contributed by atoms with Gasteiger partial charge in [0.1, 0.15) is 18.1 Å². The molecular weight excluding hydrogens is 130 g/mol. The van der Waals surface area contributed by atoms with Gasteiger partial charge in [0.2, 0.25) is 0 Å². The first-order chi connectivity index (χ1) is 4.74. The SMILES string of the molecule is C=CC1OC1NCC(C)=O. The molecule has 1 aliphatic heterocycles. The van der Waals surface area contributed by atoms with E-state index in [-0.39, 0.29) is 18.1 Å². The van der Waals surface area contributed by atoms with Gasteiger partial charge < -0.3 is 4.74 Å². The number of ether oxygens (including phenoxy) is 1. The lowest BCUT2D eigenvalue weighted by Gasteiger charge is -1.93. The van der Waals surface area contributed by atoms with Crippen LogP contribution < -0.4 is 5.32 Å². The molecule has 0 amide bonds. The summed E-state index contributed by atoms with van der Waals surface area (Å²) in [7, 11) is 0. The first kappa shape index (κ1) is 7.44. The number of nitrogens with one attached hydrogen (secondary N) is 1. The molecule has 1 saturated heterocycles. The van der Waals surface area contributed by atoms with Gasteiger partial charge in [-0.25, -0.2) is 0 Å². The molecule has 2 atom stereocenters. The average Bonchev–Trinajstić information content (AvgIpc) is 2.61. The Bertz CT molecular complexity index is 156. The van der Waals surface area contributed by atoms with Crippen LogP contribution in [0.4, 0.5) is 0 Å². The summed E-state index contributed by atoms with van der Waals surface area (Å²) in [6, 6.07) is 0. The van der Waals surface area contributed by atoms with E-state index in [0.717, 1.165) is 0 Å². The van der Waals surface area contributed by atoms with E-state index in [4.69, 9.17) is 4.74 Å². The minimum absolute atomic E-state index is 0.0291. The Balaban J connectivity index is 2.07. The monoisotopic (exact) mass is 141 g/mol. The Morgan fingerprint density at radius 3 is 3.00 bits per heavy atom. The third kappa shape index (κ3) is 1.93. The number of carbonyl (C=O) groups excluding carboxylic acids is 1. The lowest BCUT2D eigenvalue weighted by atomic mass is 10.4. The fraction of sp³-hybridized carbons (Fsp3) is 0.571. The van der Waals surface area contributed by atoms with Crippen LogP contribution in [0, 0.1) is 0 Å². The highest BCUT2D eigenvalue weighted by Gasteiger charge is 2.35. The van der Waals surface area contributed by atoms with Crippen LogP contribution in [0.1, 0.15) is 6.92 Å². The van der Waals surface area contributed by atoms with E-state index < -0.39 is 0 Å². The van der Waals surface area contributed by atoms with Crippen LogP contribution in [0.5, 0.6) is 0 Å². The highest BCUT2D eigenvalue weighted by atomic mass is 16.6. The molecule has 0 aromatic carbocycles. The summed E-state index contributed by atoms with van der Waals surface area (Å²) in [4.78, 5) is 10.4. The van der Waals surface area contributed by atoms with E-state index in [1.807, 2.05) is 0 Å². The summed E-state index contributed by atoms with van der Waals surface area (Å²) in [5.41, 5.74) is 0. The first-order valence-corrected chi connectivity index (χ1v) is 3.25. The molecule has 10 heavy (non-hydrogen) atoms. The molecule has 0 aromatic rings. The highest BCUT2D eigenvalue weighted by Crippen LogP contribution is 2.18. The van der Waals surface area contributed by atoms with E-state index in [0.29, 0.717) is 6.54 Å². The summed E-state index contributed by atoms with van der Waals surface area (Å²) >= 11 is 0. The van der Waals surface area contributed by atoms with Gasteiger partial charge in [-0.1, -0.05) is 6.08 Å². The van der Waals surface area contributed by atoms with E-state index in [1.165, 1.54) is 6.92 Å². The number of carbonyl (C=O) groups is 1. The van der Waals surface area contributed by atoms with Crippen LogP contribution in [0.25, 0.3) is 0 Å². The van der Waals surface area contributed by atoms with Gasteiger partial charge in [0, 0.05) is 0 Å². The Kier molecular flexibility index (Phi) is 2.19. The second kappa shape index (κ2) is 2.94. The van der Waals surface area contributed by atoms with Crippen molar-refractivity contribution in [3.63, 3.8) is 0 Å². The predicted octanol–water partition coefficient (Wildman–Crippen LogP) is 0.0759. The maximum absolute atomic E-state index is 10.4. The quantitative estimate of drug-likeness (QED) is 0.445. The standard InChI is InChI=1S/C7H11NO2/c1-3-6-7(10-6)8-4-5(2)9/h3,6-8H,1,4H2,2H3. The van der Waals surface area contributed by atoms with E-state index in [9.17, 15) is 4.79 Å². The van der Waals surface area contributed by atoms with Gasteiger partial charge >= 0.3 is 0 Å². The molecule has 3 heteroatoms. The minimum atomic E-state index is 0.0291. The summed E-state index contributed by atoms with van der Waals surface area (Å²) in [5.74, 6) is 0.123. The largest absolute Gasteiger partial charge is 0.349 e. The summed E-state index contributed by atoms with van der Waals surface area (Å²) < 4.78 is 5.04. The minimum Gasteiger partial charge on any atom is -0.349 e. The van der Waals surface area contributed by atoms with Crippen molar-refractivity contribution in [1.82, 2.24) is 5.32 Å². The summed E-state index contributed by atoms with van der Waals surface area (Å²) in [5, 5.41) is 2.91. The summed E-state index contributed by atoms with van der Waals surface area (Å²) in [6.45, 7) is 5.47. The number of ketones is 1. The molecule has 1 heterocycles. The third-order valence-electron chi connectivity index (χ3n) is 1.31. The molecule has 0 radical (unpaired) electrons. The number of hydrogen-bond donors (Lipinski definition) is 1. The van der Waals surface area contributed by atoms with Gasteiger partial charge in [0.25, 0.3) is 0 Å². The van der Waals surface area contributed by atoms with Crippen molar-refractivity contribution in [2.24, 2.45) is 0 Å². The van der Waals surface area contributed by atoms with Crippen LogP contribution in [0.3, 0.4) is 0 Å². The van der Waals surface area contributed by atoms with E-state index >= 15 is 0 Å². The zero-order valence-corrected chi connectivity index (χ0v) is 5.96. The molecule has 3 nitrogen and oxygen atoms in total. The van der Waals surface area contributed by atoms with Crippen LogP contribution in [0.2, 0.25) is 0 Å². The predicted molar refractivity (Wildman–Crippen MR) is 37.5 cm³/mol. The van der Waals surface area contributed by atoms with Crippen molar-refractivity contribution in [1.29, 1.82) is 0 Å². The van der Waals surface area contributed by atoms with Crippen molar-refractivity contribution in [3.05, 3.63) is 12.7 Å². The Morgan fingerprint density at radius 1 is 1.90 bits per heavy atom. The molecular formula is C7H11NO2. The number of rotatable bonds is 4. The lowest BCUT2D eigenvalue weighted by Crippen LogP contribution is -2.25. The maximum Gasteiger partial charge on any atom is 0.143 e. The molecule has 1 fully saturated rings.